The van der Waals surface area contributed by atoms with Crippen molar-refractivity contribution in [3.8, 4) is 0 Å². The summed E-state index contributed by atoms with van der Waals surface area (Å²) in [4.78, 5) is 0. The van der Waals surface area contributed by atoms with Gasteiger partial charge in [-0.05, 0) is 45.4 Å². The second-order valence-electron chi connectivity index (χ2n) is 5.50. The van der Waals surface area contributed by atoms with Gasteiger partial charge in [0.25, 0.3) is 0 Å². The molecule has 2 rings (SSSR count). The van der Waals surface area contributed by atoms with E-state index >= 15 is 0 Å². The van der Waals surface area contributed by atoms with Crippen LogP contribution in [0.25, 0.3) is 0 Å². The fourth-order valence-electron chi connectivity index (χ4n) is 3.21. The predicted molar refractivity (Wildman–Crippen MR) is 74.7 cm³/mol. The Morgan fingerprint density at radius 3 is 1.81 bits per heavy atom. The van der Waals surface area contributed by atoms with Crippen LogP contribution in [0, 0.1) is 5.92 Å². The van der Waals surface area contributed by atoms with Crippen molar-refractivity contribution in [3.05, 3.63) is 0 Å². The van der Waals surface area contributed by atoms with Gasteiger partial charge in [-0.3, -0.25) is 0 Å². The molecule has 2 fully saturated rings. The van der Waals surface area contributed by atoms with Gasteiger partial charge in [0.15, 0.2) is 0 Å². The van der Waals surface area contributed by atoms with Crippen LogP contribution >= 0.6 is 0 Å². The number of quaternary nitrogens is 1. The summed E-state index contributed by atoms with van der Waals surface area (Å²) in [6.07, 6.45) is 10.5. The normalized spacial score (nSPS) is 24.6. The maximum absolute atomic E-state index is 2.41. The highest BCUT2D eigenvalue weighted by Gasteiger charge is 2.32. The Morgan fingerprint density at radius 1 is 0.875 bits per heavy atom. The number of hydrogen-bond donors (Lipinski definition) is 0. The summed E-state index contributed by atoms with van der Waals surface area (Å²) in [6, 6.07) is 0. The van der Waals surface area contributed by atoms with E-state index in [1.165, 1.54) is 75.6 Å². The second kappa shape index (κ2) is 7.32. The first-order chi connectivity index (χ1) is 6.85. The maximum Gasteiger partial charge on any atom is 0.0815 e. The van der Waals surface area contributed by atoms with Crippen molar-refractivity contribution in [2.75, 3.05) is 26.2 Å². The largest absolute Gasteiger partial charge is 0.324 e. The summed E-state index contributed by atoms with van der Waals surface area (Å²) in [5.74, 6) is 1.09. The zero-order valence-electron chi connectivity index (χ0n) is 9.80. The SMILES string of the molecule is C.C.CC[N+]1(CC2CCC2)CCCCCC1. The van der Waals surface area contributed by atoms with Crippen LogP contribution in [-0.4, -0.2) is 30.7 Å². The van der Waals surface area contributed by atoms with Gasteiger partial charge in [0.05, 0.1) is 26.2 Å². The Morgan fingerprint density at radius 2 is 1.44 bits per heavy atom. The third kappa shape index (κ3) is 3.76. The maximum atomic E-state index is 2.41. The zero-order valence-corrected chi connectivity index (χ0v) is 9.80. The molecule has 0 unspecified atom stereocenters. The molecular formula is C15H34N+. The van der Waals surface area contributed by atoms with E-state index in [2.05, 4.69) is 6.92 Å². The molecule has 1 nitrogen and oxygen atoms in total. The molecule has 1 heteroatoms. The smallest absolute Gasteiger partial charge is 0.0815 e. The molecule has 0 N–H and O–H groups in total. The quantitative estimate of drug-likeness (QED) is 0.625. The molecule has 16 heavy (non-hydrogen) atoms. The average Bonchev–Trinajstić information content (AvgIpc) is 2.38. The van der Waals surface area contributed by atoms with Gasteiger partial charge in [-0.15, -0.1) is 0 Å². The minimum Gasteiger partial charge on any atom is -0.324 e. The Hall–Kier alpha value is -0.0400. The van der Waals surface area contributed by atoms with E-state index in [4.69, 9.17) is 0 Å². The van der Waals surface area contributed by atoms with E-state index in [0.29, 0.717) is 0 Å². The molecule has 1 saturated heterocycles. The summed E-state index contributed by atoms with van der Waals surface area (Å²) in [6.45, 7) is 8.26. The topological polar surface area (TPSA) is 0 Å². The lowest BCUT2D eigenvalue weighted by Crippen LogP contribution is -2.52. The molecule has 2 aliphatic rings. The van der Waals surface area contributed by atoms with Crippen molar-refractivity contribution in [1.29, 1.82) is 0 Å². The monoisotopic (exact) mass is 228 g/mol. The van der Waals surface area contributed by atoms with E-state index in [1.54, 1.807) is 0 Å². The van der Waals surface area contributed by atoms with E-state index in [1.807, 2.05) is 0 Å². The van der Waals surface area contributed by atoms with E-state index in [-0.39, 0.29) is 14.9 Å². The van der Waals surface area contributed by atoms with Crippen LogP contribution in [0.4, 0.5) is 0 Å². The Labute approximate surface area is 104 Å². The standard InChI is InChI=1S/C13H26N.2CH4/c1-2-14(12-13-8-7-9-13)10-5-3-4-6-11-14;;/h13H,2-12H2,1H3;2*1H4/q+1;;. The van der Waals surface area contributed by atoms with Gasteiger partial charge in [0.2, 0.25) is 0 Å². The van der Waals surface area contributed by atoms with Crippen molar-refractivity contribution in [2.24, 2.45) is 5.92 Å². The first kappa shape index (κ1) is 16.0. The number of nitrogens with zero attached hydrogens (tertiary/aromatic N) is 1. The van der Waals surface area contributed by atoms with Crippen LogP contribution in [0.3, 0.4) is 0 Å². The third-order valence-corrected chi connectivity index (χ3v) is 4.56. The third-order valence-electron chi connectivity index (χ3n) is 4.56. The van der Waals surface area contributed by atoms with Crippen molar-refractivity contribution >= 4 is 0 Å². The van der Waals surface area contributed by atoms with Crippen molar-refractivity contribution in [2.45, 2.75) is 66.7 Å². The Balaban J connectivity index is 0.00000112. The molecule has 1 aliphatic carbocycles. The first-order valence-electron chi connectivity index (χ1n) is 6.70. The van der Waals surface area contributed by atoms with Gasteiger partial charge < -0.3 is 4.48 Å². The van der Waals surface area contributed by atoms with Gasteiger partial charge in [0.1, 0.15) is 0 Å². The molecular weight excluding hydrogens is 194 g/mol. The van der Waals surface area contributed by atoms with Crippen LogP contribution < -0.4 is 0 Å². The molecule has 0 aromatic heterocycles. The summed E-state index contributed by atoms with van der Waals surface area (Å²) in [5.41, 5.74) is 0. The zero-order chi connectivity index (χ0) is 9.86. The highest BCUT2D eigenvalue weighted by atomic mass is 15.3. The van der Waals surface area contributed by atoms with Gasteiger partial charge in [-0.25, -0.2) is 0 Å². The van der Waals surface area contributed by atoms with E-state index in [0.717, 1.165) is 5.92 Å². The van der Waals surface area contributed by atoms with Gasteiger partial charge >= 0.3 is 0 Å². The summed E-state index contributed by atoms with van der Waals surface area (Å²) >= 11 is 0. The lowest BCUT2D eigenvalue weighted by Gasteiger charge is -2.42. The summed E-state index contributed by atoms with van der Waals surface area (Å²) in [7, 11) is 0. The molecule has 1 aliphatic heterocycles. The van der Waals surface area contributed by atoms with Crippen molar-refractivity contribution < 1.29 is 4.48 Å². The first-order valence-corrected chi connectivity index (χ1v) is 6.70. The van der Waals surface area contributed by atoms with Crippen LogP contribution in [0.2, 0.25) is 0 Å². The Kier molecular flexibility index (Phi) is 7.30. The van der Waals surface area contributed by atoms with Crippen molar-refractivity contribution in [3.63, 3.8) is 0 Å². The van der Waals surface area contributed by atoms with Gasteiger partial charge in [-0.2, -0.15) is 0 Å². The van der Waals surface area contributed by atoms with Gasteiger partial charge in [-0.1, -0.05) is 21.3 Å². The lowest BCUT2D eigenvalue weighted by molar-refractivity contribution is -0.929. The highest BCUT2D eigenvalue weighted by molar-refractivity contribution is 4.70. The van der Waals surface area contributed by atoms with E-state index < -0.39 is 0 Å². The molecule has 0 bridgehead atoms. The van der Waals surface area contributed by atoms with Gasteiger partial charge in [0, 0.05) is 5.92 Å². The van der Waals surface area contributed by atoms with Crippen LogP contribution in [-0.2, 0) is 0 Å². The summed E-state index contributed by atoms with van der Waals surface area (Å²) in [5, 5.41) is 0. The molecule has 0 spiro atoms. The van der Waals surface area contributed by atoms with Crippen molar-refractivity contribution in [1.82, 2.24) is 0 Å². The predicted octanol–water partition coefficient (Wildman–Crippen LogP) is 4.47. The van der Waals surface area contributed by atoms with Crippen LogP contribution in [0.15, 0.2) is 0 Å². The second-order valence-corrected chi connectivity index (χ2v) is 5.50. The Bertz CT molecular complexity index is 164. The molecule has 1 heterocycles. The highest BCUT2D eigenvalue weighted by Crippen LogP contribution is 2.31. The summed E-state index contributed by atoms with van der Waals surface area (Å²) < 4.78 is 1.46. The minimum absolute atomic E-state index is 0. The molecule has 98 valence electrons. The van der Waals surface area contributed by atoms with Crippen LogP contribution in [0.5, 0.6) is 0 Å². The fraction of sp³-hybridized carbons (Fsp3) is 1.00. The minimum atomic E-state index is 0. The number of likely N-dealkylation sites (tertiary alicyclic amines) is 1. The molecule has 0 aromatic rings. The number of rotatable bonds is 3. The average molecular weight is 228 g/mol. The molecule has 1 saturated carbocycles. The molecule has 0 radical (unpaired) electrons. The fourth-order valence-corrected chi connectivity index (χ4v) is 3.21. The molecule has 0 amide bonds. The lowest BCUT2D eigenvalue weighted by atomic mass is 9.84. The van der Waals surface area contributed by atoms with Crippen LogP contribution in [0.1, 0.15) is 66.7 Å². The molecule has 0 aromatic carbocycles. The van der Waals surface area contributed by atoms with E-state index in [9.17, 15) is 0 Å². The molecule has 0 atom stereocenters. The number of hydrogen-bond acceptors (Lipinski definition) is 0.